The first-order valence-corrected chi connectivity index (χ1v) is 8.78. The first-order chi connectivity index (χ1) is 7.23. The molecule has 1 N–H and O–H groups in total. The molecule has 90 valence electrons. The van der Waals surface area contributed by atoms with Crippen molar-refractivity contribution in [2.24, 2.45) is 0 Å². The lowest BCUT2D eigenvalue weighted by Crippen LogP contribution is -2.51. The Morgan fingerprint density at radius 1 is 1.27 bits per heavy atom. The number of hydrogen-bond donors (Lipinski definition) is 1. The average molecular weight is 229 g/mol. The fourth-order valence-corrected chi connectivity index (χ4v) is 6.42. The highest BCUT2D eigenvalue weighted by Gasteiger charge is 2.37. The second-order valence-electron chi connectivity index (χ2n) is 4.92. The topological polar surface area (TPSA) is 21.3 Å². The standard InChI is InChI=1S/C12H27NOSi/c1-4-8-14-12(3,11-13-5-2)15-9-6-7-10-15/h13,15H,4-11H2,1-3H3. The maximum absolute atomic E-state index is 6.16. The summed E-state index contributed by atoms with van der Waals surface area (Å²) in [7, 11) is -0.659. The maximum Gasteiger partial charge on any atom is 0.0769 e. The summed E-state index contributed by atoms with van der Waals surface area (Å²) >= 11 is 0. The van der Waals surface area contributed by atoms with E-state index in [1.165, 1.54) is 24.9 Å². The van der Waals surface area contributed by atoms with Crippen molar-refractivity contribution in [3.8, 4) is 0 Å². The van der Waals surface area contributed by atoms with Crippen LogP contribution in [0.5, 0.6) is 0 Å². The predicted molar refractivity (Wildman–Crippen MR) is 69.2 cm³/mol. The van der Waals surface area contributed by atoms with Gasteiger partial charge in [-0.2, -0.15) is 0 Å². The Hall–Kier alpha value is 0.137. The van der Waals surface area contributed by atoms with E-state index in [4.69, 9.17) is 4.74 Å². The van der Waals surface area contributed by atoms with Gasteiger partial charge in [0.1, 0.15) is 0 Å². The van der Waals surface area contributed by atoms with Crippen molar-refractivity contribution in [2.75, 3.05) is 19.7 Å². The Morgan fingerprint density at radius 3 is 2.47 bits per heavy atom. The summed E-state index contributed by atoms with van der Waals surface area (Å²) in [6.07, 6.45) is 4.05. The van der Waals surface area contributed by atoms with Crippen LogP contribution < -0.4 is 5.32 Å². The van der Waals surface area contributed by atoms with Crippen molar-refractivity contribution in [2.45, 2.75) is 57.3 Å². The van der Waals surface area contributed by atoms with Gasteiger partial charge in [0, 0.05) is 13.2 Å². The fraction of sp³-hybridized carbons (Fsp3) is 1.00. The Bertz CT molecular complexity index is 161. The van der Waals surface area contributed by atoms with E-state index >= 15 is 0 Å². The highest BCUT2D eigenvalue weighted by molar-refractivity contribution is 6.62. The molecule has 3 heteroatoms. The van der Waals surface area contributed by atoms with E-state index in [-0.39, 0.29) is 5.22 Å². The smallest absolute Gasteiger partial charge is 0.0769 e. The van der Waals surface area contributed by atoms with E-state index in [1.54, 1.807) is 0 Å². The molecule has 1 fully saturated rings. The molecule has 1 rings (SSSR count). The molecule has 0 radical (unpaired) electrons. The molecule has 15 heavy (non-hydrogen) atoms. The van der Waals surface area contributed by atoms with Crippen LogP contribution >= 0.6 is 0 Å². The summed E-state index contributed by atoms with van der Waals surface area (Å²) in [5.41, 5.74) is 0. The van der Waals surface area contributed by atoms with Crippen molar-refractivity contribution >= 4 is 8.80 Å². The Labute approximate surface area is 96.4 Å². The highest BCUT2D eigenvalue weighted by atomic mass is 28.3. The van der Waals surface area contributed by atoms with E-state index in [0.29, 0.717) is 0 Å². The average Bonchev–Trinajstić information content (AvgIpc) is 2.77. The number of ether oxygens (including phenoxy) is 1. The van der Waals surface area contributed by atoms with Crippen LogP contribution in [0, 0.1) is 0 Å². The summed E-state index contributed by atoms with van der Waals surface area (Å²) in [4.78, 5) is 0. The van der Waals surface area contributed by atoms with Crippen molar-refractivity contribution in [3.05, 3.63) is 0 Å². The van der Waals surface area contributed by atoms with Gasteiger partial charge < -0.3 is 10.1 Å². The number of nitrogens with one attached hydrogen (secondary N) is 1. The minimum atomic E-state index is -0.659. The van der Waals surface area contributed by atoms with Gasteiger partial charge in [-0.05, 0) is 19.9 Å². The highest BCUT2D eigenvalue weighted by Crippen LogP contribution is 2.29. The second-order valence-corrected chi connectivity index (χ2v) is 8.69. The first kappa shape index (κ1) is 13.2. The molecule has 0 aliphatic carbocycles. The van der Waals surface area contributed by atoms with Crippen molar-refractivity contribution in [1.82, 2.24) is 5.32 Å². The molecule has 0 saturated carbocycles. The Kier molecular flexibility index (Phi) is 5.86. The molecule has 0 amide bonds. The first-order valence-electron chi connectivity index (χ1n) is 6.57. The van der Waals surface area contributed by atoms with Crippen LogP contribution in [-0.4, -0.2) is 33.7 Å². The van der Waals surface area contributed by atoms with Crippen LogP contribution in [0.4, 0.5) is 0 Å². The lowest BCUT2D eigenvalue weighted by molar-refractivity contribution is 0.0270. The fourth-order valence-electron chi connectivity index (χ4n) is 2.56. The van der Waals surface area contributed by atoms with E-state index in [9.17, 15) is 0 Å². The largest absolute Gasteiger partial charge is 0.378 e. The lowest BCUT2D eigenvalue weighted by Gasteiger charge is -2.35. The molecule has 1 heterocycles. The molecule has 0 aromatic rings. The molecular weight excluding hydrogens is 202 g/mol. The number of hydrogen-bond acceptors (Lipinski definition) is 2. The van der Waals surface area contributed by atoms with Gasteiger partial charge in [-0.3, -0.25) is 0 Å². The molecule has 2 nitrogen and oxygen atoms in total. The Morgan fingerprint density at radius 2 is 1.93 bits per heavy atom. The van der Waals surface area contributed by atoms with Gasteiger partial charge in [-0.1, -0.05) is 38.8 Å². The molecule has 1 aliphatic heterocycles. The normalized spacial score (nSPS) is 21.8. The van der Waals surface area contributed by atoms with Crippen molar-refractivity contribution < 1.29 is 4.74 Å². The summed E-state index contributed by atoms with van der Waals surface area (Å²) < 4.78 is 6.16. The van der Waals surface area contributed by atoms with E-state index in [1.807, 2.05) is 0 Å². The molecule has 0 spiro atoms. The minimum Gasteiger partial charge on any atom is -0.378 e. The van der Waals surface area contributed by atoms with Gasteiger partial charge in [0.05, 0.1) is 14.0 Å². The van der Waals surface area contributed by atoms with Gasteiger partial charge in [-0.25, -0.2) is 0 Å². The van der Waals surface area contributed by atoms with Gasteiger partial charge >= 0.3 is 0 Å². The van der Waals surface area contributed by atoms with Crippen LogP contribution in [0.3, 0.4) is 0 Å². The van der Waals surface area contributed by atoms with Gasteiger partial charge in [0.25, 0.3) is 0 Å². The monoisotopic (exact) mass is 229 g/mol. The third-order valence-electron chi connectivity index (χ3n) is 3.58. The SMILES string of the molecule is CCCOC(C)(CNCC)[SiH]1CCCC1. The molecule has 0 aromatic carbocycles. The van der Waals surface area contributed by atoms with Crippen molar-refractivity contribution in [1.29, 1.82) is 0 Å². The molecular formula is C12H27NOSi. The summed E-state index contributed by atoms with van der Waals surface area (Å²) in [5.74, 6) is 0. The summed E-state index contributed by atoms with van der Waals surface area (Å²) in [6.45, 7) is 9.80. The number of rotatable bonds is 7. The van der Waals surface area contributed by atoms with Gasteiger partial charge in [-0.15, -0.1) is 0 Å². The zero-order chi connectivity index (χ0) is 11.1. The minimum absolute atomic E-state index is 0.211. The molecule has 0 bridgehead atoms. The zero-order valence-electron chi connectivity index (χ0n) is 10.6. The summed E-state index contributed by atoms with van der Waals surface area (Å²) in [5, 5.41) is 3.70. The van der Waals surface area contributed by atoms with Crippen LogP contribution in [0.15, 0.2) is 0 Å². The molecule has 0 aromatic heterocycles. The third-order valence-corrected chi connectivity index (χ3v) is 7.89. The van der Waals surface area contributed by atoms with Gasteiger partial charge in [0.2, 0.25) is 0 Å². The van der Waals surface area contributed by atoms with E-state index in [0.717, 1.165) is 26.1 Å². The molecule has 1 atom stereocenters. The van der Waals surface area contributed by atoms with Gasteiger partial charge in [0.15, 0.2) is 0 Å². The lowest BCUT2D eigenvalue weighted by atomic mass is 10.3. The quantitative estimate of drug-likeness (QED) is 0.677. The zero-order valence-corrected chi connectivity index (χ0v) is 11.8. The van der Waals surface area contributed by atoms with E-state index in [2.05, 4.69) is 26.1 Å². The third kappa shape index (κ3) is 3.89. The van der Waals surface area contributed by atoms with Crippen LogP contribution in [0.25, 0.3) is 0 Å². The maximum atomic E-state index is 6.16. The summed E-state index contributed by atoms with van der Waals surface area (Å²) in [6, 6.07) is 2.98. The Balaban J connectivity index is 2.48. The van der Waals surface area contributed by atoms with Crippen molar-refractivity contribution in [3.63, 3.8) is 0 Å². The van der Waals surface area contributed by atoms with Crippen LogP contribution in [-0.2, 0) is 4.74 Å². The van der Waals surface area contributed by atoms with Crippen LogP contribution in [0.1, 0.15) is 40.0 Å². The second kappa shape index (κ2) is 6.66. The van der Waals surface area contributed by atoms with Crippen LogP contribution in [0.2, 0.25) is 12.1 Å². The molecule has 1 saturated heterocycles. The predicted octanol–water partition coefficient (Wildman–Crippen LogP) is 2.34. The van der Waals surface area contributed by atoms with E-state index < -0.39 is 8.80 Å². The molecule has 1 unspecified atom stereocenters. The number of likely N-dealkylation sites (N-methyl/N-ethyl adjacent to an activating group) is 1. The molecule has 1 aliphatic rings.